The van der Waals surface area contributed by atoms with Crippen molar-refractivity contribution in [2.45, 2.75) is 26.7 Å². The summed E-state index contributed by atoms with van der Waals surface area (Å²) in [6.07, 6.45) is 3.78. The summed E-state index contributed by atoms with van der Waals surface area (Å²) in [5, 5.41) is 5.53. The predicted molar refractivity (Wildman–Crippen MR) is 159 cm³/mol. The summed E-state index contributed by atoms with van der Waals surface area (Å²) in [4.78, 5) is 9.70. The highest BCUT2D eigenvalue weighted by molar-refractivity contribution is 9.11. The Kier molecular flexibility index (Phi) is 9.30. The van der Waals surface area contributed by atoms with E-state index in [0.29, 0.717) is 23.9 Å². The molecule has 0 aliphatic carbocycles. The first-order chi connectivity index (χ1) is 18.0. The third-order valence-electron chi connectivity index (χ3n) is 5.55. The van der Waals surface area contributed by atoms with Crippen LogP contribution in [0, 0.1) is 6.92 Å². The zero-order valence-corrected chi connectivity index (χ0v) is 24.1. The fourth-order valence-electron chi connectivity index (χ4n) is 3.63. The van der Waals surface area contributed by atoms with Crippen molar-refractivity contribution in [3.05, 3.63) is 92.5 Å². The van der Waals surface area contributed by atoms with Crippen LogP contribution in [0.15, 0.2) is 85.8 Å². The van der Waals surface area contributed by atoms with Gasteiger partial charge < -0.3 is 9.47 Å². The van der Waals surface area contributed by atoms with Gasteiger partial charge in [-0.1, -0.05) is 37.6 Å². The van der Waals surface area contributed by atoms with Gasteiger partial charge in [-0.2, -0.15) is 5.10 Å². The minimum Gasteiger partial charge on any atom is -0.493 e. The summed E-state index contributed by atoms with van der Waals surface area (Å²) < 4.78 is 13.1. The lowest BCUT2D eigenvalue weighted by atomic mass is 10.2. The summed E-state index contributed by atoms with van der Waals surface area (Å²) in [5.74, 6) is 1.90. The number of hydrazone groups is 1. The van der Waals surface area contributed by atoms with Crippen LogP contribution in [-0.2, 0) is 0 Å². The number of aliphatic imine (C=N–C) groups is 1. The largest absolute Gasteiger partial charge is 0.493 e. The van der Waals surface area contributed by atoms with Crippen molar-refractivity contribution in [1.82, 2.24) is 10.4 Å². The van der Waals surface area contributed by atoms with Crippen molar-refractivity contribution in [2.24, 2.45) is 10.1 Å². The molecule has 0 saturated heterocycles. The van der Waals surface area contributed by atoms with Gasteiger partial charge in [-0.25, -0.2) is 9.98 Å². The number of aromatic nitrogens is 1. The zero-order chi connectivity index (χ0) is 26.2. The number of fused-ring (bicyclic) bond motifs is 1. The minimum absolute atomic E-state index is 0.513. The third-order valence-corrected chi connectivity index (χ3v) is 6.76. The van der Waals surface area contributed by atoms with Gasteiger partial charge in [0.1, 0.15) is 5.69 Å². The normalized spacial score (nSPS) is 11.8. The van der Waals surface area contributed by atoms with Crippen molar-refractivity contribution in [1.29, 1.82) is 0 Å². The van der Waals surface area contributed by atoms with Crippen molar-refractivity contribution < 1.29 is 9.47 Å². The van der Waals surface area contributed by atoms with E-state index in [9.17, 15) is 0 Å². The van der Waals surface area contributed by atoms with Crippen LogP contribution in [0.4, 0.5) is 5.69 Å². The van der Waals surface area contributed by atoms with Crippen molar-refractivity contribution in [2.75, 3.05) is 13.7 Å². The molecule has 37 heavy (non-hydrogen) atoms. The molecule has 0 unspecified atom stereocenters. The molecule has 8 heteroatoms. The lowest BCUT2D eigenvalue weighted by molar-refractivity contribution is 0.288. The van der Waals surface area contributed by atoms with Crippen LogP contribution < -0.4 is 14.9 Å². The van der Waals surface area contributed by atoms with E-state index in [2.05, 4.69) is 49.3 Å². The fraction of sp³-hybridized carbons (Fsp3) is 0.207. The number of para-hydroxylation sites is 1. The van der Waals surface area contributed by atoms with Gasteiger partial charge in [0.05, 0.1) is 31.1 Å². The third kappa shape index (κ3) is 6.96. The first kappa shape index (κ1) is 26.8. The molecule has 4 aromatic rings. The van der Waals surface area contributed by atoms with Gasteiger partial charge in [0.2, 0.25) is 0 Å². The molecule has 0 amide bonds. The number of hydrogen-bond acceptors (Lipinski definition) is 5. The van der Waals surface area contributed by atoms with Crippen LogP contribution >= 0.6 is 31.9 Å². The number of pyridine rings is 1. The molecule has 0 atom stereocenters. The summed E-state index contributed by atoms with van der Waals surface area (Å²) in [6, 6.07) is 21.7. The first-order valence-electron chi connectivity index (χ1n) is 12.0. The van der Waals surface area contributed by atoms with Crippen LogP contribution in [0.25, 0.3) is 10.9 Å². The van der Waals surface area contributed by atoms with E-state index in [-0.39, 0.29) is 0 Å². The monoisotopic (exact) mass is 622 g/mol. The van der Waals surface area contributed by atoms with Gasteiger partial charge in [-0.3, -0.25) is 5.43 Å². The molecular weight excluding hydrogens is 596 g/mol. The number of aryl methyl sites for hydroxylation is 1. The fourth-order valence-corrected chi connectivity index (χ4v) is 5.22. The van der Waals surface area contributed by atoms with E-state index in [0.717, 1.165) is 55.3 Å². The van der Waals surface area contributed by atoms with E-state index >= 15 is 0 Å². The number of halogens is 2. The molecular formula is C29H28Br2N4O2. The second-order valence-electron chi connectivity index (χ2n) is 8.41. The summed E-state index contributed by atoms with van der Waals surface area (Å²) in [7, 11) is 1.63. The first-order valence-corrected chi connectivity index (χ1v) is 13.6. The molecule has 0 saturated carbocycles. The average molecular weight is 624 g/mol. The van der Waals surface area contributed by atoms with Crippen molar-refractivity contribution in [3.63, 3.8) is 0 Å². The van der Waals surface area contributed by atoms with Gasteiger partial charge in [-0.15, -0.1) is 0 Å². The van der Waals surface area contributed by atoms with E-state index in [1.807, 2.05) is 73.7 Å². The highest BCUT2D eigenvalue weighted by Gasteiger charge is 2.11. The number of methoxy groups -OCH3 is 1. The van der Waals surface area contributed by atoms with Crippen LogP contribution in [0.5, 0.6) is 11.5 Å². The molecule has 0 radical (unpaired) electrons. The van der Waals surface area contributed by atoms with Gasteiger partial charge in [0.15, 0.2) is 17.3 Å². The molecule has 0 spiro atoms. The minimum atomic E-state index is 0.513. The molecule has 1 heterocycles. The smallest absolute Gasteiger partial charge is 0.173 e. The average Bonchev–Trinajstić information content (AvgIpc) is 2.90. The number of ether oxygens (including phenoxy) is 2. The second kappa shape index (κ2) is 12.8. The molecule has 0 aliphatic heterocycles. The van der Waals surface area contributed by atoms with Crippen molar-refractivity contribution >= 4 is 60.5 Å². The topological polar surface area (TPSA) is 68.1 Å². The van der Waals surface area contributed by atoms with Crippen LogP contribution in [-0.4, -0.2) is 30.8 Å². The van der Waals surface area contributed by atoms with Crippen LogP contribution in [0.2, 0.25) is 0 Å². The molecule has 0 fully saturated rings. The lowest BCUT2D eigenvalue weighted by Crippen LogP contribution is -2.20. The Labute approximate surface area is 234 Å². The standard InChI is InChI=1S/C29H28Br2N4O2/c1-4-5-14-37-26-13-10-20(17-27(26)36-3)18-32-35-29(34-28-22(30)15-19(2)16-23(28)31)25-12-11-21-8-6-7-9-24(21)33-25/h6-13,15-18H,4-5,14H2,1-3H3,(H,34,35). The van der Waals surface area contributed by atoms with E-state index in [1.54, 1.807) is 13.3 Å². The van der Waals surface area contributed by atoms with Crippen LogP contribution in [0.1, 0.15) is 36.6 Å². The van der Waals surface area contributed by atoms with Gasteiger partial charge in [0.25, 0.3) is 0 Å². The molecule has 0 bridgehead atoms. The maximum Gasteiger partial charge on any atom is 0.173 e. The molecule has 1 aromatic heterocycles. The molecule has 1 N–H and O–H groups in total. The number of rotatable bonds is 9. The molecule has 3 aromatic carbocycles. The van der Waals surface area contributed by atoms with E-state index in [1.165, 1.54) is 0 Å². The van der Waals surface area contributed by atoms with E-state index in [4.69, 9.17) is 19.5 Å². The number of nitrogens with one attached hydrogen (secondary N) is 1. The SMILES string of the molecule is CCCCOc1ccc(C=NNC(=Nc2c(Br)cc(C)cc2Br)c2ccc3ccccc3n2)cc1OC. The maximum atomic E-state index is 5.83. The number of hydrogen-bond donors (Lipinski definition) is 1. The second-order valence-corrected chi connectivity index (χ2v) is 10.1. The molecule has 6 nitrogen and oxygen atoms in total. The lowest BCUT2D eigenvalue weighted by Gasteiger charge is -2.11. The summed E-state index contributed by atoms with van der Waals surface area (Å²) in [6.45, 7) is 4.82. The van der Waals surface area contributed by atoms with Gasteiger partial charge in [0, 0.05) is 14.3 Å². The van der Waals surface area contributed by atoms with Crippen LogP contribution in [0.3, 0.4) is 0 Å². The number of unbranched alkanes of at least 4 members (excludes halogenated alkanes) is 1. The number of amidine groups is 1. The van der Waals surface area contributed by atoms with Gasteiger partial charge in [-0.05, 0) is 98.8 Å². The molecule has 4 rings (SSSR count). The summed E-state index contributed by atoms with van der Waals surface area (Å²) in [5.41, 5.74) is 7.37. The Morgan fingerprint density at radius 3 is 2.54 bits per heavy atom. The number of benzene rings is 3. The Morgan fingerprint density at radius 2 is 1.78 bits per heavy atom. The molecule has 190 valence electrons. The highest BCUT2D eigenvalue weighted by atomic mass is 79.9. The Hall–Kier alpha value is -3.23. The molecule has 0 aliphatic rings. The Balaban J connectivity index is 1.65. The van der Waals surface area contributed by atoms with Gasteiger partial charge >= 0.3 is 0 Å². The predicted octanol–water partition coefficient (Wildman–Crippen LogP) is 7.96. The Bertz CT molecular complexity index is 1430. The summed E-state index contributed by atoms with van der Waals surface area (Å²) >= 11 is 7.28. The zero-order valence-electron chi connectivity index (χ0n) is 21.0. The van der Waals surface area contributed by atoms with E-state index < -0.39 is 0 Å². The maximum absolute atomic E-state index is 5.83. The highest BCUT2D eigenvalue weighted by Crippen LogP contribution is 2.35. The number of nitrogens with zero attached hydrogens (tertiary/aromatic N) is 3. The van der Waals surface area contributed by atoms with Crippen molar-refractivity contribution in [3.8, 4) is 11.5 Å². The Morgan fingerprint density at radius 1 is 1.00 bits per heavy atom. The quantitative estimate of drug-likeness (QED) is 0.0889.